The summed E-state index contributed by atoms with van der Waals surface area (Å²) in [5, 5.41) is 3.14. The molecular weight excluding hydrogens is 400 g/mol. The Morgan fingerprint density at radius 1 is 1.32 bits per heavy atom. The van der Waals surface area contributed by atoms with E-state index in [4.69, 9.17) is 16.3 Å². The molecule has 0 bridgehead atoms. The minimum absolute atomic E-state index is 0.0174. The van der Waals surface area contributed by atoms with Crippen molar-refractivity contribution in [1.82, 2.24) is 9.62 Å². The molecule has 0 aliphatic heterocycles. The maximum absolute atomic E-state index is 13.4. The molecule has 1 fully saturated rings. The summed E-state index contributed by atoms with van der Waals surface area (Å²) in [5.74, 6) is 0.144. The zero-order valence-corrected chi connectivity index (χ0v) is 18.5. The molecule has 0 aromatic heterocycles. The molecule has 1 aromatic rings. The zero-order valence-electron chi connectivity index (χ0n) is 16.9. The summed E-state index contributed by atoms with van der Waals surface area (Å²) < 4.78 is 33.2. The highest BCUT2D eigenvalue weighted by Gasteiger charge is 2.34. The lowest BCUT2D eigenvalue weighted by molar-refractivity contribution is -0.122. The van der Waals surface area contributed by atoms with Crippen LogP contribution >= 0.6 is 11.6 Å². The van der Waals surface area contributed by atoms with Crippen LogP contribution in [0.2, 0.25) is 5.02 Å². The fourth-order valence-corrected chi connectivity index (χ4v) is 5.68. The number of sulfonamides is 1. The van der Waals surface area contributed by atoms with Gasteiger partial charge >= 0.3 is 0 Å². The van der Waals surface area contributed by atoms with Crippen LogP contribution in [0.15, 0.2) is 23.1 Å². The summed E-state index contributed by atoms with van der Waals surface area (Å²) in [7, 11) is -2.38. The number of ether oxygens (including phenoxy) is 1. The number of hydrogen-bond acceptors (Lipinski definition) is 4. The van der Waals surface area contributed by atoms with Gasteiger partial charge in [-0.2, -0.15) is 4.31 Å². The van der Waals surface area contributed by atoms with Crippen molar-refractivity contribution < 1.29 is 17.9 Å². The van der Waals surface area contributed by atoms with Crippen LogP contribution in [0.1, 0.15) is 58.8 Å². The van der Waals surface area contributed by atoms with Gasteiger partial charge in [-0.25, -0.2) is 8.42 Å². The molecule has 0 radical (unpaired) electrons. The Kier molecular flexibility index (Phi) is 8.58. The Bertz CT molecular complexity index is 763. The van der Waals surface area contributed by atoms with E-state index >= 15 is 0 Å². The summed E-state index contributed by atoms with van der Waals surface area (Å²) in [4.78, 5) is 12.6. The monoisotopic (exact) mass is 430 g/mol. The predicted octanol–water partition coefficient (Wildman–Crippen LogP) is 3.98. The summed E-state index contributed by atoms with van der Waals surface area (Å²) in [5.41, 5.74) is 0. The van der Waals surface area contributed by atoms with E-state index in [2.05, 4.69) is 12.2 Å². The van der Waals surface area contributed by atoms with E-state index in [1.54, 1.807) is 0 Å². The molecule has 2 rings (SSSR count). The van der Waals surface area contributed by atoms with Gasteiger partial charge in [0.05, 0.1) is 23.6 Å². The Labute approximate surface area is 173 Å². The van der Waals surface area contributed by atoms with Crippen molar-refractivity contribution in [3.05, 3.63) is 23.2 Å². The smallest absolute Gasteiger partial charge is 0.243 e. The average Bonchev–Trinajstić information content (AvgIpc) is 2.66. The molecule has 0 unspecified atom stereocenters. The fourth-order valence-electron chi connectivity index (χ4n) is 3.69. The summed E-state index contributed by atoms with van der Waals surface area (Å²) >= 11 is 6.15. The second-order valence-electron chi connectivity index (χ2n) is 7.40. The molecule has 0 heterocycles. The molecule has 158 valence electrons. The van der Waals surface area contributed by atoms with Crippen molar-refractivity contribution in [2.75, 3.05) is 13.7 Å². The number of hydrogen-bond donors (Lipinski definition) is 1. The molecule has 1 atom stereocenters. The number of rotatable bonds is 9. The highest BCUT2D eigenvalue weighted by Crippen LogP contribution is 2.31. The molecule has 6 nitrogen and oxygen atoms in total. The number of amides is 1. The predicted molar refractivity (Wildman–Crippen MR) is 111 cm³/mol. The number of carbonyl (C=O) groups is 1. The number of nitrogens with one attached hydrogen (secondary N) is 1. The number of benzene rings is 1. The van der Waals surface area contributed by atoms with E-state index in [0.29, 0.717) is 5.75 Å². The molecule has 8 heteroatoms. The molecule has 0 spiro atoms. The third kappa shape index (κ3) is 5.84. The highest BCUT2D eigenvalue weighted by atomic mass is 35.5. The number of methoxy groups -OCH3 is 1. The number of carbonyl (C=O) groups excluding carboxylic acids is 1. The Hall–Kier alpha value is -1.31. The minimum Gasteiger partial charge on any atom is -0.495 e. The first-order valence-electron chi connectivity index (χ1n) is 9.94. The molecule has 1 aromatic carbocycles. The van der Waals surface area contributed by atoms with Gasteiger partial charge in [0.25, 0.3) is 0 Å². The first-order valence-corrected chi connectivity index (χ1v) is 11.8. The quantitative estimate of drug-likeness (QED) is 0.642. The fraction of sp³-hybridized carbons (Fsp3) is 0.650. The van der Waals surface area contributed by atoms with Gasteiger partial charge in [-0.3, -0.25) is 4.79 Å². The Morgan fingerprint density at radius 2 is 2.00 bits per heavy atom. The molecule has 0 saturated heterocycles. The minimum atomic E-state index is -3.86. The lowest BCUT2D eigenvalue weighted by Gasteiger charge is -2.33. The molecule has 1 amide bonds. The second kappa shape index (κ2) is 10.5. The van der Waals surface area contributed by atoms with Crippen molar-refractivity contribution in [2.45, 2.75) is 75.8 Å². The van der Waals surface area contributed by atoms with E-state index < -0.39 is 10.0 Å². The Balaban J connectivity index is 2.29. The van der Waals surface area contributed by atoms with E-state index in [1.807, 2.05) is 6.92 Å². The largest absolute Gasteiger partial charge is 0.495 e. The SMILES string of the molecule is CCC[C@@H](C)NC(=O)CN(C1CCCCC1)S(=O)(=O)c1ccc(OC)c(Cl)c1. The molecular formula is C20H31ClN2O4S. The van der Waals surface area contributed by atoms with Crippen molar-refractivity contribution in [3.63, 3.8) is 0 Å². The summed E-state index contributed by atoms with van der Waals surface area (Å²) in [6.45, 7) is 3.81. The number of halogens is 1. The van der Waals surface area contributed by atoms with Gasteiger partial charge in [0.1, 0.15) is 5.75 Å². The lowest BCUT2D eigenvalue weighted by atomic mass is 9.95. The Morgan fingerprint density at radius 3 is 2.57 bits per heavy atom. The third-order valence-corrected chi connectivity index (χ3v) is 7.33. The number of nitrogens with zero attached hydrogens (tertiary/aromatic N) is 1. The van der Waals surface area contributed by atoms with Gasteiger partial charge in [-0.15, -0.1) is 0 Å². The van der Waals surface area contributed by atoms with E-state index in [9.17, 15) is 13.2 Å². The lowest BCUT2D eigenvalue weighted by Crippen LogP contribution is -2.48. The van der Waals surface area contributed by atoms with Crippen molar-refractivity contribution in [2.24, 2.45) is 0 Å². The van der Waals surface area contributed by atoms with Gasteiger partial charge in [0, 0.05) is 12.1 Å². The second-order valence-corrected chi connectivity index (χ2v) is 9.69. The molecule has 1 saturated carbocycles. The zero-order chi connectivity index (χ0) is 20.7. The van der Waals surface area contributed by atoms with E-state index in [1.165, 1.54) is 29.6 Å². The maximum atomic E-state index is 13.4. The topological polar surface area (TPSA) is 75.7 Å². The van der Waals surface area contributed by atoms with Crippen molar-refractivity contribution >= 4 is 27.5 Å². The molecule has 1 aliphatic rings. The molecule has 1 aliphatic carbocycles. The van der Waals surface area contributed by atoms with Gasteiger partial charge in [0.15, 0.2) is 0 Å². The van der Waals surface area contributed by atoms with Crippen LogP contribution in [0, 0.1) is 0 Å². The van der Waals surface area contributed by atoms with Crippen LogP contribution in [0.5, 0.6) is 5.75 Å². The summed E-state index contributed by atoms with van der Waals surface area (Å²) in [6.07, 6.45) is 6.37. The van der Waals surface area contributed by atoms with Crippen LogP contribution < -0.4 is 10.1 Å². The van der Waals surface area contributed by atoms with Gasteiger partial charge in [-0.05, 0) is 44.4 Å². The first-order chi connectivity index (χ1) is 13.3. The third-order valence-electron chi connectivity index (χ3n) is 5.14. The van der Waals surface area contributed by atoms with Crippen LogP contribution in [0.25, 0.3) is 0 Å². The van der Waals surface area contributed by atoms with Crippen LogP contribution in [0.4, 0.5) is 0 Å². The van der Waals surface area contributed by atoms with E-state index in [-0.39, 0.29) is 34.5 Å². The standard InChI is InChI=1S/C20H31ClN2O4S/c1-4-8-15(2)22-20(24)14-23(16-9-6-5-7-10-16)28(25,26)17-11-12-19(27-3)18(21)13-17/h11-13,15-16H,4-10,14H2,1-3H3,(H,22,24)/t15-/m1/s1. The van der Waals surface area contributed by atoms with E-state index in [0.717, 1.165) is 44.9 Å². The van der Waals surface area contributed by atoms with Gasteiger partial charge in [-0.1, -0.05) is 44.2 Å². The van der Waals surface area contributed by atoms with Crippen molar-refractivity contribution in [3.8, 4) is 5.75 Å². The average molecular weight is 431 g/mol. The normalized spacial score (nSPS) is 16.8. The molecule has 28 heavy (non-hydrogen) atoms. The maximum Gasteiger partial charge on any atom is 0.243 e. The highest BCUT2D eigenvalue weighted by molar-refractivity contribution is 7.89. The van der Waals surface area contributed by atoms with Gasteiger partial charge in [0.2, 0.25) is 15.9 Å². The van der Waals surface area contributed by atoms with Crippen LogP contribution in [-0.4, -0.2) is 44.4 Å². The summed E-state index contributed by atoms with van der Waals surface area (Å²) in [6, 6.07) is 4.25. The van der Waals surface area contributed by atoms with Crippen LogP contribution in [-0.2, 0) is 14.8 Å². The van der Waals surface area contributed by atoms with Gasteiger partial charge < -0.3 is 10.1 Å². The van der Waals surface area contributed by atoms with Crippen molar-refractivity contribution in [1.29, 1.82) is 0 Å². The first kappa shape index (κ1) is 23.0. The molecule has 1 N–H and O–H groups in total. The van der Waals surface area contributed by atoms with Crippen LogP contribution in [0.3, 0.4) is 0 Å².